The lowest BCUT2D eigenvalue weighted by Crippen LogP contribution is -2.37. The van der Waals surface area contributed by atoms with Crippen LogP contribution in [-0.2, 0) is 26.6 Å². The number of sulfonamides is 1. The summed E-state index contributed by atoms with van der Waals surface area (Å²) in [6, 6.07) is 6.63. The van der Waals surface area contributed by atoms with E-state index in [-0.39, 0.29) is 10.6 Å². The summed E-state index contributed by atoms with van der Waals surface area (Å²) >= 11 is 5.99. The second-order valence-corrected chi connectivity index (χ2v) is 8.04. The molecule has 1 aliphatic heterocycles. The number of fused-ring (bicyclic) bond motifs is 1. The zero-order chi connectivity index (χ0) is 20.2. The second-order valence-electron chi connectivity index (χ2n) is 5.74. The maximum Gasteiger partial charge on any atom is 0.416 e. The zero-order valence-corrected chi connectivity index (χ0v) is 15.1. The van der Waals surface area contributed by atoms with E-state index in [1.165, 1.54) is 24.3 Å². The molecule has 1 amide bonds. The van der Waals surface area contributed by atoms with Crippen LogP contribution in [0.3, 0.4) is 0 Å². The van der Waals surface area contributed by atoms with E-state index in [9.17, 15) is 31.5 Å². The van der Waals surface area contributed by atoms with Crippen LogP contribution < -0.4 is 10.0 Å². The van der Waals surface area contributed by atoms with Crippen molar-refractivity contribution in [2.75, 3.05) is 12.4 Å². The first-order valence-corrected chi connectivity index (χ1v) is 9.27. The van der Waals surface area contributed by atoms with Crippen LogP contribution in [0.5, 0.6) is 0 Å². The van der Waals surface area contributed by atoms with E-state index in [1.807, 2.05) is 4.72 Å². The summed E-state index contributed by atoms with van der Waals surface area (Å²) in [6.45, 7) is 0. The zero-order valence-electron chi connectivity index (χ0n) is 13.6. The number of nitrogens with one attached hydrogen (secondary N) is 2. The molecule has 3 rings (SSSR count). The Hall–Kier alpha value is -2.14. The van der Waals surface area contributed by atoms with Crippen LogP contribution in [-0.4, -0.2) is 26.5 Å². The molecule has 2 aromatic rings. The molecule has 3 N–H and O–H groups in total. The topological polar surface area (TPSA) is 95.5 Å². The summed E-state index contributed by atoms with van der Waals surface area (Å²) in [5.41, 5.74) is -5.72. The number of amides is 1. The molecule has 0 aliphatic carbocycles. The molecule has 0 aromatic heterocycles. The summed E-state index contributed by atoms with van der Waals surface area (Å²) in [5, 5.41) is 13.0. The summed E-state index contributed by atoms with van der Waals surface area (Å²) in [4.78, 5) is 11.8. The molecule has 1 atom stereocenters. The Morgan fingerprint density at radius 2 is 1.85 bits per heavy atom. The molecule has 11 heteroatoms. The number of aliphatic hydroxyl groups is 1. The standard InChI is InChI=1S/C16H12ClF3N2O4S/c1-21-27(25,26)8-6-10(16(18,19)20)13-12(7-8)22-14(23)15(13,24)9-4-2-3-5-11(9)17/h2-7,21,24H,1H3,(H,22,23). The molecule has 144 valence electrons. The number of hydrogen-bond donors (Lipinski definition) is 3. The van der Waals surface area contributed by atoms with E-state index in [2.05, 4.69) is 5.32 Å². The van der Waals surface area contributed by atoms with Gasteiger partial charge in [-0.05, 0) is 25.2 Å². The van der Waals surface area contributed by atoms with Crippen molar-refractivity contribution < 1.29 is 31.5 Å². The minimum absolute atomic E-state index is 0.122. The van der Waals surface area contributed by atoms with Gasteiger partial charge in [-0.15, -0.1) is 0 Å². The summed E-state index contributed by atoms with van der Waals surface area (Å²) in [6.07, 6.45) is -5.05. The van der Waals surface area contributed by atoms with Gasteiger partial charge in [0.05, 0.1) is 10.5 Å². The highest BCUT2D eigenvalue weighted by Gasteiger charge is 2.53. The van der Waals surface area contributed by atoms with Crippen molar-refractivity contribution in [1.29, 1.82) is 0 Å². The van der Waals surface area contributed by atoms with E-state index < -0.39 is 49.4 Å². The van der Waals surface area contributed by atoms with Gasteiger partial charge in [0, 0.05) is 21.8 Å². The van der Waals surface area contributed by atoms with Crippen LogP contribution in [0.2, 0.25) is 5.02 Å². The Labute approximate surface area is 157 Å². The van der Waals surface area contributed by atoms with Crippen LogP contribution in [0.25, 0.3) is 0 Å². The lowest BCUT2D eigenvalue weighted by atomic mass is 9.84. The van der Waals surface area contributed by atoms with Crippen LogP contribution in [0.4, 0.5) is 18.9 Å². The minimum atomic E-state index is -5.05. The summed E-state index contributed by atoms with van der Waals surface area (Å²) in [7, 11) is -3.20. The van der Waals surface area contributed by atoms with E-state index >= 15 is 0 Å². The fraction of sp³-hybridized carbons (Fsp3) is 0.188. The van der Waals surface area contributed by atoms with Crippen molar-refractivity contribution in [2.24, 2.45) is 0 Å². The second kappa shape index (κ2) is 6.20. The Morgan fingerprint density at radius 3 is 2.41 bits per heavy atom. The molecule has 0 radical (unpaired) electrons. The molecular weight excluding hydrogens is 409 g/mol. The smallest absolute Gasteiger partial charge is 0.372 e. The highest BCUT2D eigenvalue weighted by atomic mass is 35.5. The predicted molar refractivity (Wildman–Crippen MR) is 90.8 cm³/mol. The minimum Gasteiger partial charge on any atom is -0.372 e. The summed E-state index contributed by atoms with van der Waals surface area (Å²) < 4.78 is 67.0. The van der Waals surface area contributed by atoms with Crippen LogP contribution in [0.1, 0.15) is 16.7 Å². The number of benzene rings is 2. The summed E-state index contributed by atoms with van der Waals surface area (Å²) in [5.74, 6) is -1.17. The first-order valence-electron chi connectivity index (χ1n) is 7.41. The van der Waals surface area contributed by atoms with Crippen molar-refractivity contribution in [3.05, 3.63) is 58.1 Å². The fourth-order valence-electron chi connectivity index (χ4n) is 2.94. The Kier molecular flexibility index (Phi) is 4.50. The number of hydrogen-bond acceptors (Lipinski definition) is 4. The molecule has 0 bridgehead atoms. The average molecular weight is 421 g/mol. The van der Waals surface area contributed by atoms with E-state index in [1.54, 1.807) is 0 Å². The molecule has 27 heavy (non-hydrogen) atoms. The third-order valence-corrected chi connectivity index (χ3v) is 5.92. The molecule has 0 fully saturated rings. The van der Waals surface area contributed by atoms with Crippen molar-refractivity contribution in [3.63, 3.8) is 0 Å². The maximum atomic E-state index is 13.7. The van der Waals surface area contributed by atoms with Gasteiger partial charge in [-0.1, -0.05) is 29.8 Å². The predicted octanol–water partition coefficient (Wildman–Crippen LogP) is 2.45. The number of carbonyl (C=O) groups is 1. The van der Waals surface area contributed by atoms with Gasteiger partial charge in [0.1, 0.15) is 0 Å². The van der Waals surface area contributed by atoms with Gasteiger partial charge in [0.15, 0.2) is 5.60 Å². The van der Waals surface area contributed by atoms with Gasteiger partial charge < -0.3 is 10.4 Å². The van der Waals surface area contributed by atoms with Crippen molar-refractivity contribution in [3.8, 4) is 0 Å². The van der Waals surface area contributed by atoms with Crippen LogP contribution in [0.15, 0.2) is 41.3 Å². The highest BCUT2D eigenvalue weighted by molar-refractivity contribution is 7.89. The maximum absolute atomic E-state index is 13.7. The van der Waals surface area contributed by atoms with Crippen LogP contribution >= 0.6 is 11.6 Å². The highest BCUT2D eigenvalue weighted by Crippen LogP contribution is 2.49. The number of rotatable bonds is 3. The first kappa shape index (κ1) is 19.6. The van der Waals surface area contributed by atoms with E-state index in [0.29, 0.717) is 6.07 Å². The Bertz CT molecular complexity index is 1060. The van der Waals surface area contributed by atoms with E-state index in [0.717, 1.165) is 13.1 Å². The van der Waals surface area contributed by atoms with Crippen LogP contribution in [0, 0.1) is 0 Å². The molecular formula is C16H12ClF3N2O4S. The lowest BCUT2D eigenvalue weighted by molar-refractivity contribution is -0.141. The average Bonchev–Trinajstić information content (AvgIpc) is 2.85. The molecule has 1 aliphatic rings. The number of alkyl halides is 3. The molecule has 0 spiro atoms. The van der Waals surface area contributed by atoms with Gasteiger partial charge in [0.2, 0.25) is 10.0 Å². The Balaban J connectivity index is 2.40. The third kappa shape index (κ3) is 2.98. The van der Waals surface area contributed by atoms with E-state index in [4.69, 9.17) is 11.6 Å². The lowest BCUT2D eigenvalue weighted by Gasteiger charge is -2.25. The fourth-order valence-corrected chi connectivity index (χ4v) is 3.99. The molecule has 1 heterocycles. The SMILES string of the molecule is CNS(=O)(=O)c1cc2c(c(C(F)(F)F)c1)C(O)(c1ccccc1Cl)C(=O)N2. The molecule has 0 saturated carbocycles. The van der Waals surface area contributed by atoms with Crippen molar-refractivity contribution >= 4 is 33.2 Å². The van der Waals surface area contributed by atoms with Gasteiger partial charge in [0.25, 0.3) is 5.91 Å². The monoisotopic (exact) mass is 420 g/mol. The quantitative estimate of drug-likeness (QED) is 0.710. The molecule has 1 unspecified atom stereocenters. The largest absolute Gasteiger partial charge is 0.416 e. The first-order chi connectivity index (χ1) is 12.4. The van der Waals surface area contributed by atoms with Crippen molar-refractivity contribution in [1.82, 2.24) is 4.72 Å². The van der Waals surface area contributed by atoms with Gasteiger partial charge in [-0.3, -0.25) is 4.79 Å². The Morgan fingerprint density at radius 1 is 1.22 bits per heavy atom. The molecule has 2 aromatic carbocycles. The number of carbonyl (C=O) groups excluding carboxylic acids is 1. The van der Waals surface area contributed by atoms with Gasteiger partial charge in [-0.2, -0.15) is 13.2 Å². The number of anilines is 1. The normalized spacial score (nSPS) is 19.7. The van der Waals surface area contributed by atoms with Gasteiger partial charge >= 0.3 is 6.18 Å². The van der Waals surface area contributed by atoms with Gasteiger partial charge in [-0.25, -0.2) is 13.1 Å². The van der Waals surface area contributed by atoms with Crippen molar-refractivity contribution in [2.45, 2.75) is 16.7 Å². The molecule has 0 saturated heterocycles. The molecule has 6 nitrogen and oxygen atoms in total. The number of halogens is 4. The third-order valence-electron chi connectivity index (χ3n) is 4.20.